The number of carbonyl (C=O) groups excluding carboxylic acids is 1. The Labute approximate surface area is 112 Å². The second-order valence-corrected chi connectivity index (χ2v) is 4.89. The minimum absolute atomic E-state index is 0.188. The number of carbonyl (C=O) groups is 1. The van der Waals surface area contributed by atoms with E-state index < -0.39 is 6.10 Å². The van der Waals surface area contributed by atoms with Gasteiger partial charge >= 0.3 is 0 Å². The minimum Gasteiger partial charge on any atom is -0.496 e. The van der Waals surface area contributed by atoms with Crippen molar-refractivity contribution in [2.75, 3.05) is 12.8 Å². The zero-order chi connectivity index (χ0) is 13.8. The molecular weight excluding hydrogens is 244 g/mol. The highest BCUT2D eigenvalue weighted by atomic mass is 16.5. The van der Waals surface area contributed by atoms with Gasteiger partial charge in [-0.2, -0.15) is 0 Å². The molecule has 1 aromatic rings. The van der Waals surface area contributed by atoms with Crippen LogP contribution in [-0.2, 0) is 0 Å². The van der Waals surface area contributed by atoms with Crippen LogP contribution in [-0.4, -0.2) is 30.3 Å². The van der Waals surface area contributed by atoms with Crippen LogP contribution in [0.25, 0.3) is 0 Å². The van der Waals surface area contributed by atoms with Crippen molar-refractivity contribution in [1.82, 2.24) is 5.32 Å². The van der Waals surface area contributed by atoms with Gasteiger partial charge in [0.1, 0.15) is 5.75 Å². The molecule has 104 valence electrons. The number of aliphatic hydroxyl groups excluding tert-OH is 1. The Morgan fingerprint density at radius 2 is 2.16 bits per heavy atom. The molecule has 1 aromatic carbocycles. The number of ether oxygens (including phenoxy) is 1. The van der Waals surface area contributed by atoms with E-state index in [1.54, 1.807) is 18.2 Å². The molecule has 5 nitrogen and oxygen atoms in total. The lowest BCUT2D eigenvalue weighted by Crippen LogP contribution is -2.45. The molecule has 0 aromatic heterocycles. The molecule has 0 bridgehead atoms. The lowest BCUT2D eigenvalue weighted by molar-refractivity contribution is 0.0715. The van der Waals surface area contributed by atoms with Gasteiger partial charge in [0.15, 0.2) is 0 Å². The summed E-state index contributed by atoms with van der Waals surface area (Å²) in [6.07, 6.45) is 3.10. The van der Waals surface area contributed by atoms with Gasteiger partial charge in [0.05, 0.1) is 24.8 Å². The Kier molecular flexibility index (Phi) is 4.27. The van der Waals surface area contributed by atoms with Crippen molar-refractivity contribution in [2.24, 2.45) is 0 Å². The number of hydrogen-bond acceptors (Lipinski definition) is 4. The first kappa shape index (κ1) is 13.7. The van der Waals surface area contributed by atoms with Gasteiger partial charge in [-0.15, -0.1) is 0 Å². The summed E-state index contributed by atoms with van der Waals surface area (Å²) in [7, 11) is 1.51. The molecule has 1 fully saturated rings. The van der Waals surface area contributed by atoms with Gasteiger partial charge in [0.25, 0.3) is 5.91 Å². The molecule has 2 atom stereocenters. The first-order chi connectivity index (χ1) is 9.11. The second kappa shape index (κ2) is 5.93. The smallest absolute Gasteiger partial charge is 0.255 e. The van der Waals surface area contributed by atoms with Crippen molar-refractivity contribution in [3.05, 3.63) is 23.8 Å². The van der Waals surface area contributed by atoms with E-state index in [-0.39, 0.29) is 11.9 Å². The number of methoxy groups -OCH3 is 1. The normalized spacial score (nSPS) is 22.8. The number of nitrogens with one attached hydrogen (secondary N) is 1. The maximum Gasteiger partial charge on any atom is 0.255 e. The molecule has 0 spiro atoms. The van der Waals surface area contributed by atoms with E-state index in [9.17, 15) is 9.90 Å². The zero-order valence-corrected chi connectivity index (χ0v) is 11.1. The predicted octanol–water partition coefficient (Wildman–Crippen LogP) is 1.31. The Morgan fingerprint density at radius 3 is 2.84 bits per heavy atom. The van der Waals surface area contributed by atoms with Gasteiger partial charge in [0, 0.05) is 5.69 Å². The number of anilines is 1. The molecule has 1 aliphatic carbocycles. The van der Waals surface area contributed by atoms with E-state index in [1.165, 1.54) is 7.11 Å². The first-order valence-electron chi connectivity index (χ1n) is 6.54. The number of aliphatic hydroxyl groups is 1. The second-order valence-electron chi connectivity index (χ2n) is 4.89. The SMILES string of the molecule is COc1ccc(N)cc1C(=O)N[C@@H]1CCCC[C@H]1O. The summed E-state index contributed by atoms with van der Waals surface area (Å²) in [5.74, 6) is 0.229. The average Bonchev–Trinajstić information content (AvgIpc) is 2.41. The van der Waals surface area contributed by atoms with Crippen molar-refractivity contribution < 1.29 is 14.6 Å². The fraction of sp³-hybridized carbons (Fsp3) is 0.500. The van der Waals surface area contributed by atoms with E-state index >= 15 is 0 Å². The molecule has 0 heterocycles. The van der Waals surface area contributed by atoms with Crippen LogP contribution in [0, 0.1) is 0 Å². The number of nitrogen functional groups attached to an aromatic ring is 1. The van der Waals surface area contributed by atoms with Gasteiger partial charge in [0.2, 0.25) is 0 Å². The van der Waals surface area contributed by atoms with Crippen LogP contribution < -0.4 is 15.8 Å². The Balaban J connectivity index is 2.13. The van der Waals surface area contributed by atoms with Crippen molar-refractivity contribution in [3.8, 4) is 5.75 Å². The van der Waals surface area contributed by atoms with Crippen molar-refractivity contribution in [2.45, 2.75) is 37.8 Å². The molecule has 2 rings (SSSR count). The van der Waals surface area contributed by atoms with Gasteiger partial charge in [-0.25, -0.2) is 0 Å². The topological polar surface area (TPSA) is 84.6 Å². The van der Waals surface area contributed by atoms with Gasteiger partial charge in [-0.05, 0) is 31.0 Å². The maximum atomic E-state index is 12.2. The molecule has 0 unspecified atom stereocenters. The van der Waals surface area contributed by atoms with Crippen LogP contribution in [0.3, 0.4) is 0 Å². The summed E-state index contributed by atoms with van der Waals surface area (Å²) in [6, 6.07) is 4.75. The maximum absolute atomic E-state index is 12.2. The first-order valence-corrected chi connectivity index (χ1v) is 6.54. The molecule has 1 aliphatic rings. The molecule has 1 saturated carbocycles. The lowest BCUT2D eigenvalue weighted by Gasteiger charge is -2.28. The zero-order valence-electron chi connectivity index (χ0n) is 11.1. The largest absolute Gasteiger partial charge is 0.496 e. The third kappa shape index (κ3) is 3.17. The number of rotatable bonds is 3. The molecule has 1 amide bonds. The summed E-state index contributed by atoms with van der Waals surface area (Å²) < 4.78 is 5.16. The third-order valence-corrected chi connectivity index (χ3v) is 3.51. The van der Waals surface area contributed by atoms with Crippen LogP contribution in [0.15, 0.2) is 18.2 Å². The number of amides is 1. The van der Waals surface area contributed by atoms with Crippen LogP contribution in [0.4, 0.5) is 5.69 Å². The lowest BCUT2D eigenvalue weighted by atomic mass is 9.92. The monoisotopic (exact) mass is 264 g/mol. The summed E-state index contributed by atoms with van der Waals surface area (Å²) in [6.45, 7) is 0. The van der Waals surface area contributed by atoms with E-state index in [4.69, 9.17) is 10.5 Å². The molecule has 0 aliphatic heterocycles. The summed E-state index contributed by atoms with van der Waals surface area (Å²) in [4.78, 5) is 12.2. The van der Waals surface area contributed by atoms with E-state index in [0.29, 0.717) is 17.0 Å². The minimum atomic E-state index is -0.468. The Bertz CT molecular complexity index is 462. The van der Waals surface area contributed by atoms with Gasteiger partial charge in [-0.3, -0.25) is 4.79 Å². The van der Waals surface area contributed by atoms with Crippen LogP contribution in [0.5, 0.6) is 5.75 Å². The van der Waals surface area contributed by atoms with Gasteiger partial charge < -0.3 is 20.9 Å². The van der Waals surface area contributed by atoms with E-state index in [2.05, 4.69) is 5.32 Å². The number of hydrogen-bond donors (Lipinski definition) is 3. The van der Waals surface area contributed by atoms with Crippen molar-refractivity contribution >= 4 is 11.6 Å². The number of benzene rings is 1. The highest BCUT2D eigenvalue weighted by molar-refractivity contribution is 5.98. The summed E-state index contributed by atoms with van der Waals surface area (Å²) >= 11 is 0. The van der Waals surface area contributed by atoms with Gasteiger partial charge in [-0.1, -0.05) is 12.8 Å². The quantitative estimate of drug-likeness (QED) is 0.719. The molecule has 5 heteroatoms. The molecule has 0 saturated heterocycles. The highest BCUT2D eigenvalue weighted by Crippen LogP contribution is 2.23. The fourth-order valence-electron chi connectivity index (χ4n) is 2.43. The van der Waals surface area contributed by atoms with E-state index in [0.717, 1.165) is 25.7 Å². The molecular formula is C14H20N2O3. The van der Waals surface area contributed by atoms with Crippen LogP contribution in [0.2, 0.25) is 0 Å². The molecule has 19 heavy (non-hydrogen) atoms. The van der Waals surface area contributed by atoms with Crippen LogP contribution >= 0.6 is 0 Å². The molecule has 4 N–H and O–H groups in total. The standard InChI is InChI=1S/C14H20N2O3/c1-19-13-7-6-9(15)8-10(13)14(18)16-11-4-2-3-5-12(11)17/h6-8,11-12,17H,2-5,15H2,1H3,(H,16,18)/t11-,12-/m1/s1. The fourth-order valence-corrected chi connectivity index (χ4v) is 2.43. The summed E-state index contributed by atoms with van der Waals surface area (Å²) in [5, 5.41) is 12.7. The third-order valence-electron chi connectivity index (χ3n) is 3.51. The predicted molar refractivity (Wildman–Crippen MR) is 73.1 cm³/mol. The number of nitrogens with two attached hydrogens (primary N) is 1. The highest BCUT2D eigenvalue weighted by Gasteiger charge is 2.25. The Hall–Kier alpha value is -1.75. The van der Waals surface area contributed by atoms with E-state index in [1.807, 2.05) is 0 Å². The molecule has 0 radical (unpaired) electrons. The summed E-state index contributed by atoms with van der Waals surface area (Å²) in [5.41, 5.74) is 6.61. The van der Waals surface area contributed by atoms with Crippen LogP contribution in [0.1, 0.15) is 36.0 Å². The van der Waals surface area contributed by atoms with Crippen molar-refractivity contribution in [3.63, 3.8) is 0 Å². The van der Waals surface area contributed by atoms with Crippen molar-refractivity contribution in [1.29, 1.82) is 0 Å². The average molecular weight is 264 g/mol. The Morgan fingerprint density at radius 1 is 1.42 bits per heavy atom.